The van der Waals surface area contributed by atoms with E-state index in [1.165, 1.54) is 58.0 Å². The Kier molecular flexibility index (Phi) is 5.08. The highest BCUT2D eigenvalue weighted by atomic mass is 15.2. The van der Waals surface area contributed by atoms with E-state index in [0.717, 1.165) is 12.5 Å². The molecule has 0 amide bonds. The van der Waals surface area contributed by atoms with Gasteiger partial charge in [0.1, 0.15) is 0 Å². The van der Waals surface area contributed by atoms with Crippen LogP contribution in [0.25, 0.3) is 0 Å². The molecule has 1 N–H and O–H groups in total. The van der Waals surface area contributed by atoms with Gasteiger partial charge in [-0.1, -0.05) is 39.0 Å². The summed E-state index contributed by atoms with van der Waals surface area (Å²) in [7, 11) is 0. The average molecular weight is 252 g/mol. The third-order valence-corrected chi connectivity index (χ3v) is 5.33. The van der Waals surface area contributed by atoms with Gasteiger partial charge in [-0.05, 0) is 39.2 Å². The Labute approximate surface area is 114 Å². The van der Waals surface area contributed by atoms with Crippen molar-refractivity contribution in [2.24, 2.45) is 5.92 Å². The summed E-state index contributed by atoms with van der Waals surface area (Å²) in [5, 5.41) is 3.72. The highest BCUT2D eigenvalue weighted by molar-refractivity contribution is 4.93. The lowest BCUT2D eigenvalue weighted by Gasteiger charge is -2.45. The Morgan fingerprint density at radius 3 is 2.61 bits per heavy atom. The molecule has 1 saturated carbocycles. The predicted octanol–water partition coefficient (Wildman–Crippen LogP) is 3.42. The van der Waals surface area contributed by atoms with Crippen molar-refractivity contribution in [3.8, 4) is 0 Å². The van der Waals surface area contributed by atoms with Gasteiger partial charge in [0.05, 0.1) is 0 Å². The average Bonchev–Trinajstić information content (AvgIpc) is 2.41. The first-order valence-electron chi connectivity index (χ1n) is 8.12. The monoisotopic (exact) mass is 252 g/mol. The van der Waals surface area contributed by atoms with E-state index in [1.807, 2.05) is 0 Å². The van der Waals surface area contributed by atoms with Gasteiger partial charge in [-0.3, -0.25) is 4.90 Å². The maximum atomic E-state index is 3.72. The SMILES string of the molecule is CCC1(C)CN(CCC2CCCCC2)C(C)CN1. The van der Waals surface area contributed by atoms with Crippen molar-refractivity contribution in [2.45, 2.75) is 77.3 Å². The summed E-state index contributed by atoms with van der Waals surface area (Å²) in [5.74, 6) is 1.02. The fraction of sp³-hybridized carbons (Fsp3) is 1.00. The van der Waals surface area contributed by atoms with E-state index in [-0.39, 0.29) is 0 Å². The second-order valence-electron chi connectivity index (χ2n) is 6.91. The van der Waals surface area contributed by atoms with Crippen molar-refractivity contribution >= 4 is 0 Å². The Hall–Kier alpha value is -0.0800. The van der Waals surface area contributed by atoms with Crippen molar-refractivity contribution in [1.82, 2.24) is 10.2 Å². The van der Waals surface area contributed by atoms with Crippen LogP contribution in [0.15, 0.2) is 0 Å². The summed E-state index contributed by atoms with van der Waals surface area (Å²) < 4.78 is 0. The number of hydrogen-bond acceptors (Lipinski definition) is 2. The Balaban J connectivity index is 1.79. The molecule has 2 aliphatic rings. The van der Waals surface area contributed by atoms with Crippen LogP contribution in [0.5, 0.6) is 0 Å². The van der Waals surface area contributed by atoms with Gasteiger partial charge in [-0.15, -0.1) is 0 Å². The number of piperazine rings is 1. The van der Waals surface area contributed by atoms with Crippen LogP contribution in [0.1, 0.15) is 65.7 Å². The van der Waals surface area contributed by atoms with Gasteiger partial charge in [-0.25, -0.2) is 0 Å². The minimum Gasteiger partial charge on any atom is -0.309 e. The van der Waals surface area contributed by atoms with Crippen LogP contribution in [-0.2, 0) is 0 Å². The van der Waals surface area contributed by atoms with Crippen LogP contribution in [0, 0.1) is 5.92 Å². The molecule has 0 aromatic rings. The maximum Gasteiger partial charge on any atom is 0.0278 e. The van der Waals surface area contributed by atoms with Crippen LogP contribution in [0.3, 0.4) is 0 Å². The first-order chi connectivity index (χ1) is 8.63. The molecule has 0 aromatic heterocycles. The molecule has 0 bridgehead atoms. The first kappa shape index (κ1) is 14.3. The molecule has 2 nitrogen and oxygen atoms in total. The quantitative estimate of drug-likeness (QED) is 0.825. The Bertz CT molecular complexity index is 247. The zero-order valence-corrected chi connectivity index (χ0v) is 12.7. The Morgan fingerprint density at radius 2 is 1.94 bits per heavy atom. The van der Waals surface area contributed by atoms with Gasteiger partial charge < -0.3 is 5.32 Å². The molecule has 106 valence electrons. The lowest BCUT2D eigenvalue weighted by Crippen LogP contribution is -2.62. The van der Waals surface area contributed by atoms with E-state index < -0.39 is 0 Å². The van der Waals surface area contributed by atoms with Gasteiger partial charge in [-0.2, -0.15) is 0 Å². The molecule has 2 unspecified atom stereocenters. The van der Waals surface area contributed by atoms with Crippen molar-refractivity contribution in [3.63, 3.8) is 0 Å². The van der Waals surface area contributed by atoms with Gasteiger partial charge in [0.25, 0.3) is 0 Å². The largest absolute Gasteiger partial charge is 0.309 e. The van der Waals surface area contributed by atoms with Crippen molar-refractivity contribution in [3.05, 3.63) is 0 Å². The molecule has 1 saturated heterocycles. The van der Waals surface area contributed by atoms with Crippen LogP contribution in [-0.4, -0.2) is 36.1 Å². The van der Waals surface area contributed by atoms with Crippen LogP contribution < -0.4 is 5.32 Å². The predicted molar refractivity (Wildman–Crippen MR) is 78.9 cm³/mol. The summed E-state index contributed by atoms with van der Waals surface area (Å²) in [6, 6.07) is 0.716. The van der Waals surface area contributed by atoms with E-state index in [9.17, 15) is 0 Å². The Morgan fingerprint density at radius 1 is 1.22 bits per heavy atom. The molecule has 2 fully saturated rings. The molecular weight excluding hydrogens is 220 g/mol. The van der Waals surface area contributed by atoms with E-state index in [1.54, 1.807) is 0 Å². The zero-order chi connectivity index (χ0) is 13.0. The van der Waals surface area contributed by atoms with Gasteiger partial charge in [0.2, 0.25) is 0 Å². The second kappa shape index (κ2) is 6.38. The lowest BCUT2D eigenvalue weighted by atomic mass is 9.86. The third-order valence-electron chi connectivity index (χ3n) is 5.33. The van der Waals surface area contributed by atoms with Gasteiger partial charge in [0.15, 0.2) is 0 Å². The number of rotatable bonds is 4. The molecule has 0 aromatic carbocycles. The molecular formula is C16H32N2. The summed E-state index contributed by atoms with van der Waals surface area (Å²) in [6.45, 7) is 10.8. The highest BCUT2D eigenvalue weighted by Crippen LogP contribution is 2.27. The zero-order valence-electron chi connectivity index (χ0n) is 12.7. The molecule has 0 radical (unpaired) electrons. The van der Waals surface area contributed by atoms with E-state index >= 15 is 0 Å². The molecule has 2 rings (SSSR count). The third kappa shape index (κ3) is 3.71. The van der Waals surface area contributed by atoms with Gasteiger partial charge in [0, 0.05) is 24.7 Å². The van der Waals surface area contributed by atoms with Crippen molar-refractivity contribution in [2.75, 3.05) is 19.6 Å². The maximum absolute atomic E-state index is 3.72. The van der Waals surface area contributed by atoms with E-state index in [0.29, 0.717) is 11.6 Å². The molecule has 2 heteroatoms. The van der Waals surface area contributed by atoms with Crippen LogP contribution >= 0.6 is 0 Å². The topological polar surface area (TPSA) is 15.3 Å². The van der Waals surface area contributed by atoms with Crippen molar-refractivity contribution < 1.29 is 0 Å². The van der Waals surface area contributed by atoms with Crippen molar-refractivity contribution in [1.29, 1.82) is 0 Å². The summed E-state index contributed by atoms with van der Waals surface area (Å²) >= 11 is 0. The summed E-state index contributed by atoms with van der Waals surface area (Å²) in [6.07, 6.45) is 10.1. The number of nitrogens with one attached hydrogen (secondary N) is 1. The van der Waals surface area contributed by atoms with E-state index in [2.05, 4.69) is 31.0 Å². The smallest absolute Gasteiger partial charge is 0.0278 e. The number of nitrogens with zero attached hydrogens (tertiary/aromatic N) is 1. The first-order valence-corrected chi connectivity index (χ1v) is 8.12. The normalized spacial score (nSPS) is 35.8. The molecule has 1 aliphatic heterocycles. The highest BCUT2D eigenvalue weighted by Gasteiger charge is 2.32. The fourth-order valence-electron chi connectivity index (χ4n) is 3.54. The van der Waals surface area contributed by atoms with E-state index in [4.69, 9.17) is 0 Å². The van der Waals surface area contributed by atoms with Crippen LogP contribution in [0.2, 0.25) is 0 Å². The standard InChI is InChI=1S/C16H32N2/c1-4-16(3)13-18(14(2)12-17-16)11-10-15-8-6-5-7-9-15/h14-15,17H,4-13H2,1-3H3. The minimum absolute atomic E-state index is 0.346. The summed E-state index contributed by atoms with van der Waals surface area (Å²) in [5.41, 5.74) is 0.346. The summed E-state index contributed by atoms with van der Waals surface area (Å²) in [4.78, 5) is 2.73. The van der Waals surface area contributed by atoms with Crippen LogP contribution in [0.4, 0.5) is 0 Å². The molecule has 1 aliphatic carbocycles. The molecule has 0 spiro atoms. The molecule has 2 atom stereocenters. The lowest BCUT2D eigenvalue weighted by molar-refractivity contribution is 0.0850. The number of hydrogen-bond donors (Lipinski definition) is 1. The fourth-order valence-corrected chi connectivity index (χ4v) is 3.54. The molecule has 18 heavy (non-hydrogen) atoms. The minimum atomic E-state index is 0.346. The van der Waals surface area contributed by atoms with Gasteiger partial charge >= 0.3 is 0 Å². The second-order valence-corrected chi connectivity index (χ2v) is 6.91. The molecule has 1 heterocycles.